The normalized spacial score (nSPS) is 13.4. The number of amides is 1. The van der Waals surface area contributed by atoms with Crippen molar-refractivity contribution in [2.24, 2.45) is 0 Å². The van der Waals surface area contributed by atoms with Crippen LogP contribution in [0.4, 0.5) is 0 Å². The number of rotatable bonds is 39. The summed E-state index contributed by atoms with van der Waals surface area (Å²) in [7, 11) is -4.40. The lowest BCUT2D eigenvalue weighted by atomic mass is 10.1. The monoisotopic (exact) mass is 732 g/mol. The minimum atomic E-state index is -4.40. The number of unbranched alkanes of at least 4 members (excludes halogenated alkanes) is 24. The number of aliphatic hydroxyl groups is 1. The summed E-state index contributed by atoms with van der Waals surface area (Å²) >= 11 is 0. The Hall–Kier alpha value is -1.25. The van der Waals surface area contributed by atoms with Gasteiger partial charge in [-0.1, -0.05) is 161 Å². The molecule has 2 atom stereocenters. The molecule has 9 nitrogen and oxygen atoms in total. The summed E-state index contributed by atoms with van der Waals surface area (Å²) in [6.07, 6.45) is 37.1. The Kier molecular flexibility index (Phi) is 36.6. The van der Waals surface area contributed by atoms with Gasteiger partial charge < -0.3 is 20.1 Å². The molecule has 0 aromatic rings. The molecule has 0 saturated carbocycles. The second kappa shape index (κ2) is 37.5. The average molecular weight is 732 g/mol. The van der Waals surface area contributed by atoms with Crippen molar-refractivity contribution in [3.63, 3.8) is 0 Å². The molecule has 1 amide bonds. The zero-order valence-corrected chi connectivity index (χ0v) is 33.3. The number of nitrogens with one attached hydrogen (secondary N) is 1. The van der Waals surface area contributed by atoms with Gasteiger partial charge in [-0.15, -0.1) is 0 Å². The molecule has 0 aliphatic rings. The van der Waals surface area contributed by atoms with E-state index >= 15 is 0 Å². The molecule has 0 aromatic carbocycles. The Balaban J connectivity index is 3.57. The lowest BCUT2D eigenvalue weighted by Crippen LogP contribution is -2.27. The first-order valence-electron chi connectivity index (χ1n) is 20.7. The van der Waals surface area contributed by atoms with E-state index < -0.39 is 26.5 Å². The molecular weight excluding hydrogens is 653 g/mol. The van der Waals surface area contributed by atoms with Crippen molar-refractivity contribution in [3.05, 3.63) is 12.2 Å². The van der Waals surface area contributed by atoms with Crippen molar-refractivity contribution < 1.29 is 37.9 Å². The van der Waals surface area contributed by atoms with Gasteiger partial charge in [0.25, 0.3) is 0 Å². The summed E-state index contributed by atoms with van der Waals surface area (Å²) in [5.41, 5.74) is 0. The molecule has 0 saturated heterocycles. The number of hydrogen-bond acceptors (Lipinski definition) is 7. The van der Waals surface area contributed by atoms with Gasteiger partial charge in [0, 0.05) is 19.4 Å². The number of phosphoric ester groups is 1. The predicted molar refractivity (Wildman–Crippen MR) is 206 cm³/mol. The Bertz CT molecular complexity index is 840. The number of esters is 1. The molecule has 0 aliphatic carbocycles. The van der Waals surface area contributed by atoms with Gasteiger partial charge in [0.1, 0.15) is 12.7 Å². The van der Waals surface area contributed by atoms with Crippen LogP contribution in [-0.4, -0.2) is 54.3 Å². The molecule has 50 heavy (non-hydrogen) atoms. The fraction of sp³-hybridized carbons (Fsp3) is 0.900. The molecule has 0 aliphatic heterocycles. The van der Waals surface area contributed by atoms with E-state index in [1.54, 1.807) is 0 Å². The maximum absolute atomic E-state index is 12.0. The van der Waals surface area contributed by atoms with Crippen molar-refractivity contribution in [1.29, 1.82) is 0 Å². The summed E-state index contributed by atoms with van der Waals surface area (Å²) in [6, 6.07) is 0. The molecule has 0 fully saturated rings. The van der Waals surface area contributed by atoms with E-state index in [1.807, 2.05) is 0 Å². The molecule has 0 bridgehead atoms. The minimum absolute atomic E-state index is 0.0855. The molecule has 3 N–H and O–H groups in total. The molecule has 10 heteroatoms. The van der Waals surface area contributed by atoms with Crippen molar-refractivity contribution in [2.75, 3.05) is 26.4 Å². The number of carbonyl (C=O) groups is 2. The zero-order chi connectivity index (χ0) is 36.8. The van der Waals surface area contributed by atoms with E-state index in [1.165, 1.54) is 135 Å². The standard InChI is InChI=1S/C40H78NO8P/c1-3-5-7-9-11-13-15-16-17-18-19-20-21-22-23-25-27-29-31-33-40(44)47-36-38(42)37-49-50(45,46)48-35-34-41-39(43)32-30-28-26-24-14-12-10-8-6-4-2/h16-17,38,42H,3-15,18-37H2,1-2H3,(H,41,43)(H,45,46)/b17-16+. The highest BCUT2D eigenvalue weighted by molar-refractivity contribution is 7.47. The first-order chi connectivity index (χ1) is 24.3. The SMILES string of the molecule is CCCCCCCC/C=C/CCCCCCCCCCCC(=O)OCC(O)COP(=O)(O)OCCNC(=O)CCCCCCCCCCCC. The van der Waals surface area contributed by atoms with Crippen LogP contribution in [-0.2, 0) is 27.9 Å². The maximum atomic E-state index is 12.0. The van der Waals surface area contributed by atoms with Gasteiger partial charge in [0.2, 0.25) is 5.91 Å². The Morgan fingerprint density at radius 2 is 1.02 bits per heavy atom. The highest BCUT2D eigenvalue weighted by Gasteiger charge is 2.23. The Labute approximate surface area is 307 Å². The number of allylic oxidation sites excluding steroid dienone is 2. The van der Waals surface area contributed by atoms with Gasteiger partial charge in [0.05, 0.1) is 13.2 Å². The van der Waals surface area contributed by atoms with Gasteiger partial charge >= 0.3 is 13.8 Å². The average Bonchev–Trinajstić information content (AvgIpc) is 3.10. The number of ether oxygens (including phenoxy) is 1. The topological polar surface area (TPSA) is 131 Å². The maximum Gasteiger partial charge on any atom is 0.472 e. The number of phosphoric acid groups is 1. The largest absolute Gasteiger partial charge is 0.472 e. The van der Waals surface area contributed by atoms with Crippen molar-refractivity contribution >= 4 is 19.7 Å². The van der Waals surface area contributed by atoms with Crippen LogP contribution >= 0.6 is 7.82 Å². The van der Waals surface area contributed by atoms with E-state index in [0.717, 1.165) is 38.5 Å². The smallest absolute Gasteiger partial charge is 0.463 e. The predicted octanol–water partition coefficient (Wildman–Crippen LogP) is 11.0. The first kappa shape index (κ1) is 48.8. The molecule has 0 spiro atoms. The molecular formula is C40H78NO8P. The second-order valence-electron chi connectivity index (χ2n) is 14.0. The molecule has 2 unspecified atom stereocenters. The van der Waals surface area contributed by atoms with Crippen molar-refractivity contribution in [3.8, 4) is 0 Å². The zero-order valence-electron chi connectivity index (χ0n) is 32.4. The van der Waals surface area contributed by atoms with E-state index in [9.17, 15) is 24.2 Å². The summed E-state index contributed by atoms with van der Waals surface area (Å²) in [4.78, 5) is 33.8. The fourth-order valence-electron chi connectivity index (χ4n) is 5.79. The summed E-state index contributed by atoms with van der Waals surface area (Å²) in [6.45, 7) is 3.55. The van der Waals surface area contributed by atoms with Gasteiger partial charge in [-0.05, 0) is 38.5 Å². The van der Waals surface area contributed by atoms with Crippen LogP contribution < -0.4 is 5.32 Å². The highest BCUT2D eigenvalue weighted by Crippen LogP contribution is 2.42. The van der Waals surface area contributed by atoms with Crippen LogP contribution in [0.15, 0.2) is 12.2 Å². The number of hydrogen-bond donors (Lipinski definition) is 3. The van der Waals surface area contributed by atoms with Gasteiger partial charge in [-0.2, -0.15) is 0 Å². The van der Waals surface area contributed by atoms with Crippen molar-refractivity contribution in [1.82, 2.24) is 5.32 Å². The van der Waals surface area contributed by atoms with Crippen molar-refractivity contribution in [2.45, 2.75) is 206 Å². The quantitative estimate of drug-likeness (QED) is 0.0246. The fourth-order valence-corrected chi connectivity index (χ4v) is 6.54. The second-order valence-corrected chi connectivity index (χ2v) is 15.4. The van der Waals surface area contributed by atoms with Gasteiger partial charge in [0.15, 0.2) is 0 Å². The number of carbonyl (C=O) groups excluding carboxylic acids is 2. The molecule has 296 valence electrons. The van der Waals surface area contributed by atoms with E-state index in [2.05, 4.69) is 31.3 Å². The third-order valence-electron chi connectivity index (χ3n) is 8.95. The van der Waals surface area contributed by atoms with Crippen LogP contribution in [0, 0.1) is 0 Å². The van der Waals surface area contributed by atoms with Gasteiger partial charge in [-0.3, -0.25) is 18.6 Å². The first-order valence-corrected chi connectivity index (χ1v) is 22.2. The lowest BCUT2D eigenvalue weighted by Gasteiger charge is -2.15. The molecule has 0 aromatic heterocycles. The third-order valence-corrected chi connectivity index (χ3v) is 9.93. The van der Waals surface area contributed by atoms with Gasteiger partial charge in [-0.25, -0.2) is 4.57 Å². The summed E-state index contributed by atoms with van der Waals surface area (Å²) < 4.78 is 26.8. The van der Waals surface area contributed by atoms with E-state index in [4.69, 9.17) is 13.8 Å². The van der Waals surface area contributed by atoms with Crippen LogP contribution in [0.1, 0.15) is 200 Å². The Morgan fingerprint density at radius 1 is 0.600 bits per heavy atom. The molecule has 0 radical (unpaired) electrons. The van der Waals surface area contributed by atoms with E-state index in [0.29, 0.717) is 6.42 Å². The summed E-state index contributed by atoms with van der Waals surface area (Å²) in [5, 5.41) is 12.7. The van der Waals surface area contributed by atoms with Crippen LogP contribution in [0.3, 0.4) is 0 Å². The van der Waals surface area contributed by atoms with Crippen LogP contribution in [0.5, 0.6) is 0 Å². The molecule has 0 rings (SSSR count). The molecule has 0 heterocycles. The lowest BCUT2D eigenvalue weighted by molar-refractivity contribution is -0.147. The summed E-state index contributed by atoms with van der Waals surface area (Å²) in [5.74, 6) is -0.514. The third kappa shape index (κ3) is 38.0. The minimum Gasteiger partial charge on any atom is -0.463 e. The number of aliphatic hydroxyl groups excluding tert-OH is 1. The van der Waals surface area contributed by atoms with Crippen LogP contribution in [0.2, 0.25) is 0 Å². The van der Waals surface area contributed by atoms with E-state index in [-0.39, 0.29) is 32.1 Å². The van der Waals surface area contributed by atoms with Crippen LogP contribution in [0.25, 0.3) is 0 Å². The Morgan fingerprint density at radius 3 is 1.50 bits per heavy atom. The highest BCUT2D eigenvalue weighted by atomic mass is 31.2.